The van der Waals surface area contributed by atoms with E-state index >= 15 is 0 Å². The molecule has 6 heteroatoms. The van der Waals surface area contributed by atoms with E-state index in [1.807, 2.05) is 30.3 Å². The van der Waals surface area contributed by atoms with Crippen LogP contribution in [0.25, 0.3) is 11.3 Å². The molecule has 1 amide bonds. The maximum absolute atomic E-state index is 12.2. The number of nitrogens with zero attached hydrogens (tertiary/aromatic N) is 1. The molecule has 2 aromatic rings. The lowest BCUT2D eigenvalue weighted by Gasteiger charge is -2.25. The van der Waals surface area contributed by atoms with Gasteiger partial charge in [-0.2, -0.15) is 0 Å². The van der Waals surface area contributed by atoms with Gasteiger partial charge in [0.15, 0.2) is 11.5 Å². The maximum atomic E-state index is 12.2. The Morgan fingerprint density at radius 2 is 2.00 bits per heavy atom. The Balaban J connectivity index is 2.17. The highest BCUT2D eigenvalue weighted by Gasteiger charge is 2.35. The number of amides is 1. The van der Waals surface area contributed by atoms with E-state index in [4.69, 9.17) is 9.26 Å². The molecule has 1 aromatic carbocycles. The number of carbonyl (C=O) groups excluding carboxylic acids is 2. The Morgan fingerprint density at radius 1 is 1.32 bits per heavy atom. The Morgan fingerprint density at radius 3 is 2.59 bits per heavy atom. The minimum Gasteiger partial charge on any atom is -0.467 e. The summed E-state index contributed by atoms with van der Waals surface area (Å²) in [6, 6.07) is 10.9. The number of nitrogens with one attached hydrogen (secondary N) is 1. The third-order valence-corrected chi connectivity index (χ3v) is 3.53. The van der Waals surface area contributed by atoms with Gasteiger partial charge in [0.1, 0.15) is 5.54 Å². The van der Waals surface area contributed by atoms with Gasteiger partial charge in [-0.3, -0.25) is 4.79 Å². The molecule has 0 saturated carbocycles. The standard InChI is InChI=1S/C16H18N2O4/c1-4-16(2,15(20)21-3)17-14(19)12-10-13(22-18-12)11-8-6-5-7-9-11/h5-10H,4H2,1-3H3,(H,17,19)/t16-/m0/s1. The fourth-order valence-corrected chi connectivity index (χ4v) is 1.94. The van der Waals surface area contributed by atoms with E-state index < -0.39 is 17.4 Å². The van der Waals surface area contributed by atoms with Crippen LogP contribution in [0.5, 0.6) is 0 Å². The van der Waals surface area contributed by atoms with Crippen molar-refractivity contribution in [1.82, 2.24) is 10.5 Å². The Bertz CT molecular complexity index is 666. The largest absolute Gasteiger partial charge is 0.467 e. The average Bonchev–Trinajstić information content (AvgIpc) is 3.04. The van der Waals surface area contributed by atoms with Crippen molar-refractivity contribution < 1.29 is 18.8 Å². The van der Waals surface area contributed by atoms with Crippen LogP contribution in [-0.4, -0.2) is 29.7 Å². The van der Waals surface area contributed by atoms with Gasteiger partial charge >= 0.3 is 5.97 Å². The van der Waals surface area contributed by atoms with Crippen molar-refractivity contribution in [3.05, 3.63) is 42.1 Å². The second-order valence-corrected chi connectivity index (χ2v) is 5.07. The summed E-state index contributed by atoms with van der Waals surface area (Å²) in [6.45, 7) is 3.39. The smallest absolute Gasteiger partial charge is 0.331 e. The number of esters is 1. The number of benzene rings is 1. The number of methoxy groups -OCH3 is 1. The molecule has 0 bridgehead atoms. The predicted octanol–water partition coefficient (Wildman–Crippen LogP) is 2.41. The van der Waals surface area contributed by atoms with Gasteiger partial charge in [0, 0.05) is 11.6 Å². The van der Waals surface area contributed by atoms with Gasteiger partial charge in [-0.05, 0) is 13.3 Å². The summed E-state index contributed by atoms with van der Waals surface area (Å²) in [7, 11) is 1.28. The SMILES string of the molecule is CC[C@](C)(NC(=O)c1cc(-c2ccccc2)on1)C(=O)OC. The minimum absolute atomic E-state index is 0.113. The summed E-state index contributed by atoms with van der Waals surface area (Å²) < 4.78 is 9.90. The fraction of sp³-hybridized carbons (Fsp3) is 0.312. The van der Waals surface area contributed by atoms with Gasteiger partial charge in [0.2, 0.25) is 0 Å². The topological polar surface area (TPSA) is 81.4 Å². The van der Waals surface area contributed by atoms with Crippen LogP contribution in [0.2, 0.25) is 0 Å². The molecule has 1 N–H and O–H groups in total. The first-order valence-electron chi connectivity index (χ1n) is 6.93. The van der Waals surface area contributed by atoms with Gasteiger partial charge < -0.3 is 14.6 Å². The third-order valence-electron chi connectivity index (χ3n) is 3.53. The monoisotopic (exact) mass is 302 g/mol. The van der Waals surface area contributed by atoms with Gasteiger partial charge in [-0.25, -0.2) is 4.79 Å². The highest BCUT2D eigenvalue weighted by molar-refractivity contribution is 5.97. The third kappa shape index (κ3) is 3.16. The first-order chi connectivity index (χ1) is 10.5. The van der Waals surface area contributed by atoms with Gasteiger partial charge in [-0.15, -0.1) is 0 Å². The van der Waals surface area contributed by atoms with Crippen molar-refractivity contribution >= 4 is 11.9 Å². The number of ether oxygens (including phenoxy) is 1. The zero-order chi connectivity index (χ0) is 16.2. The molecule has 6 nitrogen and oxygen atoms in total. The Labute approximate surface area is 128 Å². The quantitative estimate of drug-likeness (QED) is 0.858. The van der Waals surface area contributed by atoms with E-state index in [9.17, 15) is 9.59 Å². The lowest BCUT2D eigenvalue weighted by Crippen LogP contribution is -2.52. The minimum atomic E-state index is -1.10. The van der Waals surface area contributed by atoms with Crippen LogP contribution in [0.4, 0.5) is 0 Å². The molecule has 0 radical (unpaired) electrons. The van der Waals surface area contributed by atoms with Crippen LogP contribution in [0, 0.1) is 0 Å². The molecule has 1 aromatic heterocycles. The van der Waals surface area contributed by atoms with Crippen molar-refractivity contribution in [2.75, 3.05) is 7.11 Å². The molecular weight excluding hydrogens is 284 g/mol. The summed E-state index contributed by atoms with van der Waals surface area (Å²) in [4.78, 5) is 24.0. The highest BCUT2D eigenvalue weighted by atomic mass is 16.5. The highest BCUT2D eigenvalue weighted by Crippen LogP contribution is 2.20. The molecule has 1 heterocycles. The van der Waals surface area contributed by atoms with Crippen molar-refractivity contribution in [2.45, 2.75) is 25.8 Å². The molecule has 1 atom stereocenters. The Hall–Kier alpha value is -2.63. The van der Waals surface area contributed by atoms with Crippen LogP contribution in [0.3, 0.4) is 0 Å². The van der Waals surface area contributed by atoms with E-state index in [1.165, 1.54) is 13.2 Å². The number of rotatable bonds is 5. The van der Waals surface area contributed by atoms with Crippen LogP contribution >= 0.6 is 0 Å². The Kier molecular flexibility index (Phi) is 4.60. The zero-order valence-corrected chi connectivity index (χ0v) is 12.8. The second kappa shape index (κ2) is 6.43. The van der Waals surface area contributed by atoms with Crippen LogP contribution in [-0.2, 0) is 9.53 Å². The molecule has 0 spiro atoms. The molecule has 2 rings (SSSR count). The lowest BCUT2D eigenvalue weighted by atomic mass is 9.99. The normalized spacial score (nSPS) is 13.2. The zero-order valence-electron chi connectivity index (χ0n) is 12.8. The van der Waals surface area contributed by atoms with E-state index in [1.54, 1.807) is 13.8 Å². The summed E-state index contributed by atoms with van der Waals surface area (Å²) in [5.74, 6) is -0.502. The molecule has 0 aliphatic rings. The first-order valence-corrected chi connectivity index (χ1v) is 6.93. The van der Waals surface area contributed by atoms with Crippen molar-refractivity contribution in [1.29, 1.82) is 0 Å². The molecule has 116 valence electrons. The van der Waals surface area contributed by atoms with E-state index in [0.717, 1.165) is 5.56 Å². The summed E-state index contributed by atoms with van der Waals surface area (Å²) in [5.41, 5.74) is -0.166. The molecule has 0 unspecified atom stereocenters. The van der Waals surface area contributed by atoms with Crippen LogP contribution in [0.15, 0.2) is 40.9 Å². The molecule has 0 aliphatic carbocycles. The first kappa shape index (κ1) is 15.8. The van der Waals surface area contributed by atoms with Gasteiger partial charge in [0.05, 0.1) is 7.11 Å². The summed E-state index contributed by atoms with van der Waals surface area (Å²) in [5, 5.41) is 6.40. The number of aromatic nitrogens is 1. The van der Waals surface area contributed by atoms with Crippen molar-refractivity contribution in [3.63, 3.8) is 0 Å². The molecule has 22 heavy (non-hydrogen) atoms. The molecule has 0 fully saturated rings. The van der Waals surface area contributed by atoms with Crippen LogP contribution in [0.1, 0.15) is 30.8 Å². The van der Waals surface area contributed by atoms with Crippen LogP contribution < -0.4 is 5.32 Å². The summed E-state index contributed by atoms with van der Waals surface area (Å²) >= 11 is 0. The van der Waals surface area contributed by atoms with Crippen molar-refractivity contribution in [2.24, 2.45) is 0 Å². The predicted molar refractivity (Wildman–Crippen MR) is 80.1 cm³/mol. The lowest BCUT2D eigenvalue weighted by molar-refractivity contribution is -0.147. The second-order valence-electron chi connectivity index (χ2n) is 5.07. The number of hydrogen-bond acceptors (Lipinski definition) is 5. The molecule has 0 aliphatic heterocycles. The number of carbonyl (C=O) groups is 2. The fourth-order valence-electron chi connectivity index (χ4n) is 1.94. The maximum Gasteiger partial charge on any atom is 0.331 e. The van der Waals surface area contributed by atoms with E-state index in [2.05, 4.69) is 10.5 Å². The van der Waals surface area contributed by atoms with E-state index in [-0.39, 0.29) is 5.69 Å². The van der Waals surface area contributed by atoms with Crippen molar-refractivity contribution in [3.8, 4) is 11.3 Å². The molecular formula is C16H18N2O4. The van der Waals surface area contributed by atoms with Gasteiger partial charge in [0.25, 0.3) is 5.91 Å². The average molecular weight is 302 g/mol. The summed E-state index contributed by atoms with van der Waals surface area (Å²) in [6.07, 6.45) is 0.398. The van der Waals surface area contributed by atoms with Gasteiger partial charge in [-0.1, -0.05) is 42.4 Å². The van der Waals surface area contributed by atoms with E-state index in [0.29, 0.717) is 12.2 Å². The number of hydrogen-bond donors (Lipinski definition) is 1. The molecule has 0 saturated heterocycles.